The van der Waals surface area contributed by atoms with E-state index in [0.717, 1.165) is 20.1 Å². The predicted molar refractivity (Wildman–Crippen MR) is 73.8 cm³/mol. The van der Waals surface area contributed by atoms with E-state index in [0.29, 0.717) is 12.5 Å². The summed E-state index contributed by atoms with van der Waals surface area (Å²) in [6.07, 6.45) is 0. The summed E-state index contributed by atoms with van der Waals surface area (Å²) in [6.45, 7) is 4.84. The summed E-state index contributed by atoms with van der Waals surface area (Å²) in [7, 11) is 0. The molecule has 1 aromatic carbocycles. The van der Waals surface area contributed by atoms with Crippen LogP contribution in [0.4, 0.5) is 0 Å². The third kappa shape index (κ3) is 1.84. The van der Waals surface area contributed by atoms with Gasteiger partial charge < -0.3 is 5.73 Å². The Labute approximate surface area is 109 Å². The molecule has 86 valence electrons. The van der Waals surface area contributed by atoms with Crippen LogP contribution in [0.3, 0.4) is 0 Å². The largest absolute Gasteiger partial charge is 0.326 e. The third-order valence-corrected chi connectivity index (χ3v) is 4.62. The first-order valence-electron chi connectivity index (χ1n) is 5.15. The maximum Gasteiger partial charge on any atom is 0.0585 e. The molecule has 0 aliphatic rings. The average Bonchev–Trinajstić information content (AvgIpc) is 2.64. The highest BCUT2D eigenvalue weighted by Gasteiger charge is 2.18. The van der Waals surface area contributed by atoms with Crippen molar-refractivity contribution in [1.82, 2.24) is 0 Å². The second-order valence-corrected chi connectivity index (χ2v) is 5.95. The first kappa shape index (κ1) is 12.2. The van der Waals surface area contributed by atoms with Crippen molar-refractivity contribution in [1.29, 1.82) is 0 Å². The van der Waals surface area contributed by atoms with Crippen LogP contribution in [-0.2, 0) is 6.54 Å². The second kappa shape index (κ2) is 4.53. The van der Waals surface area contributed by atoms with Crippen molar-refractivity contribution in [2.75, 3.05) is 0 Å². The van der Waals surface area contributed by atoms with E-state index >= 15 is 0 Å². The van der Waals surface area contributed by atoms with Crippen molar-refractivity contribution in [3.8, 4) is 0 Å². The Bertz CT molecular complexity index is 531. The van der Waals surface area contributed by atoms with Crippen molar-refractivity contribution < 1.29 is 0 Å². The normalized spacial score (nSPS) is 11.6. The van der Waals surface area contributed by atoms with Gasteiger partial charge in [0.05, 0.1) is 9.72 Å². The fourth-order valence-electron chi connectivity index (χ4n) is 1.96. The number of hydrogen-bond donors (Lipinski definition) is 1. The zero-order valence-electron chi connectivity index (χ0n) is 9.18. The van der Waals surface area contributed by atoms with Gasteiger partial charge in [-0.15, -0.1) is 11.3 Å². The molecule has 0 fully saturated rings. The van der Waals surface area contributed by atoms with Gasteiger partial charge in [0.1, 0.15) is 0 Å². The van der Waals surface area contributed by atoms with Gasteiger partial charge in [-0.1, -0.05) is 37.0 Å². The van der Waals surface area contributed by atoms with Gasteiger partial charge in [-0.2, -0.15) is 0 Å². The first-order chi connectivity index (χ1) is 7.56. The van der Waals surface area contributed by atoms with Crippen molar-refractivity contribution in [3.05, 3.63) is 32.6 Å². The highest BCUT2D eigenvalue weighted by molar-refractivity contribution is 7.20. The topological polar surface area (TPSA) is 26.0 Å². The van der Waals surface area contributed by atoms with E-state index in [2.05, 4.69) is 13.8 Å². The molecule has 2 rings (SSSR count). The number of halogens is 2. The van der Waals surface area contributed by atoms with E-state index in [1.165, 1.54) is 10.4 Å². The molecule has 0 saturated heterocycles. The molecule has 0 aliphatic carbocycles. The van der Waals surface area contributed by atoms with E-state index in [-0.39, 0.29) is 0 Å². The van der Waals surface area contributed by atoms with Crippen LogP contribution in [-0.4, -0.2) is 0 Å². The van der Waals surface area contributed by atoms with Gasteiger partial charge in [0, 0.05) is 21.8 Å². The van der Waals surface area contributed by atoms with Crippen LogP contribution in [0, 0.1) is 0 Å². The summed E-state index contributed by atoms with van der Waals surface area (Å²) in [6, 6.07) is 3.69. The molecule has 0 bridgehead atoms. The Morgan fingerprint density at radius 1 is 1.25 bits per heavy atom. The minimum absolute atomic E-state index is 0.406. The summed E-state index contributed by atoms with van der Waals surface area (Å²) >= 11 is 14.1. The van der Waals surface area contributed by atoms with Crippen molar-refractivity contribution in [3.63, 3.8) is 0 Å². The molecule has 1 aromatic heterocycles. The highest BCUT2D eigenvalue weighted by atomic mass is 35.5. The van der Waals surface area contributed by atoms with Gasteiger partial charge in [0.25, 0.3) is 0 Å². The molecule has 0 amide bonds. The summed E-state index contributed by atoms with van der Waals surface area (Å²) in [5.74, 6) is 0.406. The van der Waals surface area contributed by atoms with Gasteiger partial charge in [-0.25, -0.2) is 0 Å². The average molecular weight is 274 g/mol. The quantitative estimate of drug-likeness (QED) is 0.837. The Kier molecular flexibility index (Phi) is 3.45. The lowest BCUT2D eigenvalue weighted by molar-refractivity contribution is 0.860. The summed E-state index contributed by atoms with van der Waals surface area (Å²) in [5, 5.41) is 2.60. The van der Waals surface area contributed by atoms with Crippen molar-refractivity contribution in [2.24, 2.45) is 5.73 Å². The summed E-state index contributed by atoms with van der Waals surface area (Å²) < 4.78 is 1.05. The smallest absolute Gasteiger partial charge is 0.0585 e. The van der Waals surface area contributed by atoms with Crippen LogP contribution in [0.25, 0.3) is 10.1 Å². The maximum absolute atomic E-state index is 6.26. The molecule has 2 N–H and O–H groups in total. The molecule has 4 heteroatoms. The minimum Gasteiger partial charge on any atom is -0.326 e. The van der Waals surface area contributed by atoms with Crippen LogP contribution >= 0.6 is 34.5 Å². The summed E-state index contributed by atoms with van der Waals surface area (Å²) in [5.41, 5.74) is 7.02. The predicted octanol–water partition coefficient (Wildman–Crippen LogP) is 4.79. The lowest BCUT2D eigenvalue weighted by Gasteiger charge is -2.07. The third-order valence-electron chi connectivity index (χ3n) is 2.62. The second-order valence-electron chi connectivity index (χ2n) is 4.03. The van der Waals surface area contributed by atoms with Crippen LogP contribution < -0.4 is 5.73 Å². The number of rotatable bonds is 2. The van der Waals surface area contributed by atoms with Crippen molar-refractivity contribution >= 4 is 44.6 Å². The molecule has 0 unspecified atom stereocenters. The zero-order valence-corrected chi connectivity index (χ0v) is 11.5. The molecule has 2 aromatic rings. The molecule has 1 heterocycles. The standard InChI is InChI=1S/C12H13Cl2NS/c1-6(2)10-9(5-15)16-12-8(14)4-3-7(13)11(10)12/h3-4,6H,5,15H2,1-2H3. The van der Waals surface area contributed by atoms with Gasteiger partial charge in [-0.3, -0.25) is 0 Å². The molecular formula is C12H13Cl2NS. The van der Waals surface area contributed by atoms with E-state index in [4.69, 9.17) is 28.9 Å². The molecule has 0 saturated carbocycles. The lowest BCUT2D eigenvalue weighted by Crippen LogP contribution is -1.98. The maximum atomic E-state index is 6.26. The molecule has 0 aliphatic heterocycles. The Morgan fingerprint density at radius 3 is 2.44 bits per heavy atom. The van der Waals surface area contributed by atoms with E-state index < -0.39 is 0 Å². The van der Waals surface area contributed by atoms with Gasteiger partial charge in [0.15, 0.2) is 0 Å². The van der Waals surface area contributed by atoms with Gasteiger partial charge in [0.2, 0.25) is 0 Å². The first-order valence-corrected chi connectivity index (χ1v) is 6.72. The molecule has 0 atom stereocenters. The van der Waals surface area contributed by atoms with Crippen LogP contribution in [0.15, 0.2) is 12.1 Å². The number of thiophene rings is 1. The van der Waals surface area contributed by atoms with Gasteiger partial charge >= 0.3 is 0 Å². The summed E-state index contributed by atoms with van der Waals surface area (Å²) in [4.78, 5) is 1.18. The van der Waals surface area contributed by atoms with E-state index in [9.17, 15) is 0 Å². The zero-order chi connectivity index (χ0) is 11.9. The fourth-order valence-corrected chi connectivity index (χ4v) is 3.82. The Balaban J connectivity index is 2.89. The van der Waals surface area contributed by atoms with Crippen LogP contribution in [0.1, 0.15) is 30.2 Å². The highest BCUT2D eigenvalue weighted by Crippen LogP contribution is 2.42. The molecular weight excluding hydrogens is 261 g/mol. The monoisotopic (exact) mass is 273 g/mol. The van der Waals surface area contributed by atoms with Crippen LogP contribution in [0.5, 0.6) is 0 Å². The number of benzene rings is 1. The Hall–Kier alpha value is -0.280. The fraction of sp³-hybridized carbons (Fsp3) is 0.333. The number of fused-ring (bicyclic) bond motifs is 1. The number of nitrogens with two attached hydrogens (primary N) is 1. The van der Waals surface area contributed by atoms with E-state index in [1.807, 2.05) is 12.1 Å². The molecule has 16 heavy (non-hydrogen) atoms. The van der Waals surface area contributed by atoms with Gasteiger partial charge in [-0.05, 0) is 23.6 Å². The lowest BCUT2D eigenvalue weighted by atomic mass is 9.99. The van der Waals surface area contributed by atoms with Crippen molar-refractivity contribution in [2.45, 2.75) is 26.3 Å². The van der Waals surface area contributed by atoms with E-state index in [1.54, 1.807) is 11.3 Å². The molecule has 0 radical (unpaired) electrons. The van der Waals surface area contributed by atoms with Crippen LogP contribution in [0.2, 0.25) is 10.0 Å². The Morgan fingerprint density at radius 2 is 1.88 bits per heavy atom. The number of hydrogen-bond acceptors (Lipinski definition) is 2. The molecule has 1 nitrogen and oxygen atoms in total. The minimum atomic E-state index is 0.406. The SMILES string of the molecule is CC(C)c1c(CN)sc2c(Cl)ccc(Cl)c12. The molecule has 0 spiro atoms.